The second kappa shape index (κ2) is 12.1. The molecule has 2 unspecified atom stereocenters. The summed E-state index contributed by atoms with van der Waals surface area (Å²) in [5.74, 6) is -0.317. The van der Waals surface area contributed by atoms with Crippen LogP contribution in [0.5, 0.6) is 0 Å². The molecular formula is C28H34N4O2S. The Morgan fingerprint density at radius 3 is 2.57 bits per heavy atom. The predicted octanol–water partition coefficient (Wildman–Crippen LogP) is 4.67. The average molecular weight is 491 g/mol. The standard InChI is InChI=1S/C28H34N4O2S/c1-32(16-15-20-8-3-2-4-9-20)19-22-14-13-21(27(33)30-24-11-6-5-10-23(24)29)18-25(22)31-28(34)26-12-7-17-35-26/h2-4,7-9,12-14,17-18,23-24H,5-6,10-11,15-16,19,29H2,1H3,(H,30,33)(H,31,34). The Balaban J connectivity index is 1.49. The topological polar surface area (TPSA) is 87.5 Å². The van der Waals surface area contributed by atoms with Crippen LogP contribution >= 0.6 is 11.3 Å². The fourth-order valence-corrected chi connectivity index (χ4v) is 5.11. The monoisotopic (exact) mass is 490 g/mol. The molecule has 0 radical (unpaired) electrons. The van der Waals surface area contributed by atoms with Gasteiger partial charge in [0.2, 0.25) is 0 Å². The van der Waals surface area contributed by atoms with Gasteiger partial charge in [-0.2, -0.15) is 0 Å². The molecule has 4 N–H and O–H groups in total. The van der Waals surface area contributed by atoms with E-state index in [4.69, 9.17) is 5.73 Å². The smallest absolute Gasteiger partial charge is 0.265 e. The molecule has 2 aromatic carbocycles. The molecule has 1 heterocycles. The first-order chi connectivity index (χ1) is 17.0. The lowest BCUT2D eigenvalue weighted by atomic mass is 9.91. The number of benzene rings is 2. The van der Waals surface area contributed by atoms with Crippen LogP contribution in [0.15, 0.2) is 66.0 Å². The highest BCUT2D eigenvalue weighted by Gasteiger charge is 2.24. The molecule has 4 rings (SSSR count). The molecule has 1 aliphatic carbocycles. The van der Waals surface area contributed by atoms with Crippen LogP contribution in [-0.2, 0) is 13.0 Å². The lowest BCUT2D eigenvalue weighted by molar-refractivity contribution is 0.0920. The molecule has 7 heteroatoms. The largest absolute Gasteiger partial charge is 0.348 e. The number of hydrogen-bond acceptors (Lipinski definition) is 5. The Labute approximate surface area is 211 Å². The number of thiophene rings is 1. The van der Waals surface area contributed by atoms with Crippen molar-refractivity contribution in [3.63, 3.8) is 0 Å². The minimum Gasteiger partial charge on any atom is -0.348 e. The van der Waals surface area contributed by atoms with Gasteiger partial charge >= 0.3 is 0 Å². The summed E-state index contributed by atoms with van der Waals surface area (Å²) in [7, 11) is 2.07. The summed E-state index contributed by atoms with van der Waals surface area (Å²) in [6.45, 7) is 1.53. The summed E-state index contributed by atoms with van der Waals surface area (Å²) in [6, 6.07) is 19.6. The van der Waals surface area contributed by atoms with Crippen LogP contribution < -0.4 is 16.4 Å². The van der Waals surface area contributed by atoms with Crippen LogP contribution in [0.25, 0.3) is 0 Å². The van der Waals surface area contributed by atoms with E-state index in [9.17, 15) is 9.59 Å². The van der Waals surface area contributed by atoms with Gasteiger partial charge in [-0.3, -0.25) is 9.59 Å². The zero-order chi connectivity index (χ0) is 24.6. The van der Waals surface area contributed by atoms with Crippen molar-refractivity contribution in [2.45, 2.75) is 50.7 Å². The number of anilines is 1. The van der Waals surface area contributed by atoms with Crippen molar-refractivity contribution in [3.05, 3.63) is 87.6 Å². The van der Waals surface area contributed by atoms with Crippen molar-refractivity contribution in [3.8, 4) is 0 Å². The van der Waals surface area contributed by atoms with E-state index in [1.54, 1.807) is 12.1 Å². The lowest BCUT2D eigenvalue weighted by Gasteiger charge is -2.29. The summed E-state index contributed by atoms with van der Waals surface area (Å²) in [4.78, 5) is 28.7. The van der Waals surface area contributed by atoms with Gasteiger partial charge in [0.25, 0.3) is 11.8 Å². The number of likely N-dealkylation sites (N-methyl/N-ethyl adjacent to an activating group) is 1. The maximum atomic E-state index is 13.0. The number of carbonyl (C=O) groups is 2. The molecule has 0 saturated heterocycles. The minimum atomic E-state index is -0.167. The normalized spacial score (nSPS) is 17.8. The van der Waals surface area contributed by atoms with E-state index in [0.29, 0.717) is 22.7 Å². The molecule has 3 aromatic rings. The molecule has 0 spiro atoms. The third kappa shape index (κ3) is 7.01. The third-order valence-corrected chi connectivity index (χ3v) is 7.44. The first kappa shape index (κ1) is 25.1. The second-order valence-corrected chi connectivity index (χ2v) is 10.3. The number of nitrogens with one attached hydrogen (secondary N) is 2. The lowest BCUT2D eigenvalue weighted by Crippen LogP contribution is -2.49. The van der Waals surface area contributed by atoms with Crippen LogP contribution in [0.3, 0.4) is 0 Å². The quantitative estimate of drug-likeness (QED) is 0.407. The molecule has 2 atom stereocenters. The van der Waals surface area contributed by atoms with Crippen molar-refractivity contribution in [1.29, 1.82) is 0 Å². The Morgan fingerprint density at radius 1 is 1.03 bits per heavy atom. The SMILES string of the molecule is CN(CCc1ccccc1)Cc1ccc(C(=O)NC2CCCCC2N)cc1NC(=O)c1cccs1. The number of nitrogens with zero attached hydrogens (tertiary/aromatic N) is 1. The Bertz CT molecular complexity index is 1120. The van der Waals surface area contributed by atoms with Crippen LogP contribution in [0.1, 0.15) is 56.8 Å². The van der Waals surface area contributed by atoms with Crippen molar-refractivity contribution in [2.75, 3.05) is 18.9 Å². The van der Waals surface area contributed by atoms with Crippen molar-refractivity contribution < 1.29 is 9.59 Å². The number of carbonyl (C=O) groups excluding carboxylic acids is 2. The fourth-order valence-electron chi connectivity index (χ4n) is 4.49. The Hall–Kier alpha value is -3.00. The van der Waals surface area contributed by atoms with Crippen LogP contribution in [0.4, 0.5) is 5.69 Å². The van der Waals surface area contributed by atoms with Crippen molar-refractivity contribution >= 4 is 28.8 Å². The summed E-state index contributed by atoms with van der Waals surface area (Å²) in [5.41, 5.74) is 9.68. The summed E-state index contributed by atoms with van der Waals surface area (Å²) in [6.07, 6.45) is 4.96. The van der Waals surface area contributed by atoms with Gasteiger partial charge in [-0.15, -0.1) is 11.3 Å². The molecule has 6 nitrogen and oxygen atoms in total. The Kier molecular flexibility index (Phi) is 8.69. The molecule has 1 fully saturated rings. The Morgan fingerprint density at radius 2 is 1.83 bits per heavy atom. The summed E-state index contributed by atoms with van der Waals surface area (Å²) < 4.78 is 0. The molecule has 1 aliphatic rings. The molecule has 0 aliphatic heterocycles. The van der Waals surface area contributed by atoms with Gasteiger partial charge in [0.15, 0.2) is 0 Å². The summed E-state index contributed by atoms with van der Waals surface area (Å²) >= 11 is 1.39. The van der Waals surface area contributed by atoms with Crippen molar-refractivity contribution in [2.24, 2.45) is 5.73 Å². The maximum Gasteiger partial charge on any atom is 0.265 e. The minimum absolute atomic E-state index is 0.00999. The van der Waals surface area contributed by atoms with Gasteiger partial charge in [0.1, 0.15) is 0 Å². The highest BCUT2D eigenvalue weighted by Crippen LogP contribution is 2.23. The van der Waals surface area contributed by atoms with Gasteiger partial charge in [-0.05, 0) is 61.0 Å². The molecule has 35 heavy (non-hydrogen) atoms. The van der Waals surface area contributed by atoms with Gasteiger partial charge < -0.3 is 21.3 Å². The van der Waals surface area contributed by atoms with Crippen LogP contribution in [-0.4, -0.2) is 42.4 Å². The first-order valence-electron chi connectivity index (χ1n) is 12.3. The van der Waals surface area contributed by atoms with Crippen molar-refractivity contribution in [1.82, 2.24) is 10.2 Å². The molecule has 2 amide bonds. The van der Waals surface area contributed by atoms with E-state index >= 15 is 0 Å². The number of nitrogens with two attached hydrogens (primary N) is 1. The summed E-state index contributed by atoms with van der Waals surface area (Å²) in [5, 5.41) is 8.03. The van der Waals surface area contributed by atoms with E-state index < -0.39 is 0 Å². The van der Waals surface area contributed by atoms with Crippen LogP contribution in [0, 0.1) is 0 Å². The zero-order valence-corrected chi connectivity index (χ0v) is 21.0. The van der Waals surface area contributed by atoms with Crippen LogP contribution in [0.2, 0.25) is 0 Å². The molecule has 184 valence electrons. The molecular weight excluding hydrogens is 456 g/mol. The van der Waals surface area contributed by atoms with E-state index in [2.05, 4.69) is 46.8 Å². The van der Waals surface area contributed by atoms with E-state index in [-0.39, 0.29) is 23.9 Å². The molecule has 1 aromatic heterocycles. The molecule has 0 bridgehead atoms. The van der Waals surface area contributed by atoms with Gasteiger partial charge in [0.05, 0.1) is 4.88 Å². The molecule has 1 saturated carbocycles. The first-order valence-corrected chi connectivity index (χ1v) is 13.1. The van der Waals surface area contributed by atoms with Gasteiger partial charge in [-0.1, -0.05) is 55.3 Å². The predicted molar refractivity (Wildman–Crippen MR) is 143 cm³/mol. The number of hydrogen-bond donors (Lipinski definition) is 3. The highest BCUT2D eigenvalue weighted by atomic mass is 32.1. The number of amides is 2. The number of rotatable bonds is 9. The second-order valence-electron chi connectivity index (χ2n) is 9.30. The van der Waals surface area contributed by atoms with Gasteiger partial charge in [0, 0.05) is 36.4 Å². The van der Waals surface area contributed by atoms with E-state index in [1.807, 2.05) is 29.6 Å². The average Bonchev–Trinajstić information content (AvgIpc) is 3.41. The highest BCUT2D eigenvalue weighted by molar-refractivity contribution is 7.12. The van der Waals surface area contributed by atoms with E-state index in [0.717, 1.165) is 44.2 Å². The third-order valence-electron chi connectivity index (χ3n) is 6.57. The maximum absolute atomic E-state index is 13.0. The van der Waals surface area contributed by atoms with Gasteiger partial charge in [-0.25, -0.2) is 0 Å². The van der Waals surface area contributed by atoms with E-state index in [1.165, 1.54) is 16.9 Å². The zero-order valence-electron chi connectivity index (χ0n) is 20.2. The fraction of sp³-hybridized carbons (Fsp3) is 0.357.